The molecule has 6 heteroatoms. The highest BCUT2D eigenvalue weighted by Gasteiger charge is 2.29. The molecule has 110 valence electrons. The molecule has 0 bridgehead atoms. The number of hydrogen-bond donors (Lipinski definition) is 0. The summed E-state index contributed by atoms with van der Waals surface area (Å²) in [4.78, 5) is 23.9. The van der Waals surface area contributed by atoms with Crippen molar-refractivity contribution in [2.24, 2.45) is 0 Å². The molecule has 1 unspecified atom stereocenters. The van der Waals surface area contributed by atoms with E-state index in [2.05, 4.69) is 0 Å². The smallest absolute Gasteiger partial charge is 0.410 e. The molecule has 0 saturated heterocycles. The summed E-state index contributed by atoms with van der Waals surface area (Å²) in [5, 5.41) is 0. The van der Waals surface area contributed by atoms with Gasteiger partial charge in [0.2, 0.25) is 0 Å². The van der Waals surface area contributed by atoms with Gasteiger partial charge in [-0.25, -0.2) is 13.6 Å². The molecule has 0 aliphatic carbocycles. The Morgan fingerprint density at radius 2 is 1.80 bits per heavy atom. The Hall–Kier alpha value is -1.98. The first-order valence-corrected chi connectivity index (χ1v) is 6.02. The number of amides is 1. The average molecular weight is 285 g/mol. The van der Waals surface area contributed by atoms with Crippen LogP contribution in [0.4, 0.5) is 13.6 Å². The normalized spacial score (nSPS) is 12.7. The topological polar surface area (TPSA) is 46.6 Å². The third kappa shape index (κ3) is 3.76. The number of aldehydes is 1. The summed E-state index contributed by atoms with van der Waals surface area (Å²) in [6.45, 7) is 4.95. The first-order chi connectivity index (χ1) is 9.17. The summed E-state index contributed by atoms with van der Waals surface area (Å²) in [5.41, 5.74) is -1.25. The van der Waals surface area contributed by atoms with Crippen LogP contribution in [0.2, 0.25) is 0 Å². The molecule has 0 aromatic heterocycles. The van der Waals surface area contributed by atoms with E-state index < -0.39 is 34.9 Å². The van der Waals surface area contributed by atoms with Crippen LogP contribution < -0.4 is 0 Å². The molecule has 1 atom stereocenters. The standard InChI is InChI=1S/C14H17F2NO3/c1-14(2,3)20-13(19)17(4)11(8-18)12-9(15)6-5-7-10(12)16/h5-8,11H,1-4H3. The molecule has 0 N–H and O–H groups in total. The van der Waals surface area contributed by atoms with Gasteiger partial charge in [-0.15, -0.1) is 0 Å². The zero-order chi connectivity index (χ0) is 15.5. The average Bonchev–Trinajstić information content (AvgIpc) is 2.31. The van der Waals surface area contributed by atoms with Crippen molar-refractivity contribution in [1.29, 1.82) is 0 Å². The van der Waals surface area contributed by atoms with Gasteiger partial charge < -0.3 is 9.53 Å². The Kier molecular flexibility index (Phi) is 4.81. The maximum absolute atomic E-state index is 13.7. The van der Waals surface area contributed by atoms with Crippen LogP contribution in [0.1, 0.15) is 32.4 Å². The molecule has 0 heterocycles. The molecule has 0 spiro atoms. The summed E-state index contributed by atoms with van der Waals surface area (Å²) in [5.74, 6) is -1.78. The molecule has 0 saturated carbocycles. The lowest BCUT2D eigenvalue weighted by molar-refractivity contribution is -0.112. The Morgan fingerprint density at radius 3 is 2.20 bits per heavy atom. The van der Waals surface area contributed by atoms with Crippen LogP contribution in [0.15, 0.2) is 18.2 Å². The Labute approximate surface area is 116 Å². The van der Waals surface area contributed by atoms with Crippen LogP contribution in [0, 0.1) is 11.6 Å². The van der Waals surface area contributed by atoms with E-state index in [0.717, 1.165) is 17.0 Å². The summed E-state index contributed by atoms with van der Waals surface area (Å²) < 4.78 is 32.4. The third-order valence-corrected chi connectivity index (χ3v) is 2.52. The predicted molar refractivity (Wildman–Crippen MR) is 69.2 cm³/mol. The first-order valence-electron chi connectivity index (χ1n) is 6.02. The number of halogens is 2. The molecule has 1 aromatic carbocycles. The molecule has 0 aliphatic rings. The van der Waals surface area contributed by atoms with Crippen molar-refractivity contribution in [3.63, 3.8) is 0 Å². The maximum Gasteiger partial charge on any atom is 0.410 e. The molecule has 1 rings (SSSR count). The van der Waals surface area contributed by atoms with Crippen LogP contribution in [0.5, 0.6) is 0 Å². The fourth-order valence-corrected chi connectivity index (χ4v) is 1.59. The van der Waals surface area contributed by atoms with Crippen molar-refractivity contribution in [1.82, 2.24) is 4.90 Å². The number of carbonyl (C=O) groups excluding carboxylic acids is 2. The van der Waals surface area contributed by atoms with E-state index >= 15 is 0 Å². The van der Waals surface area contributed by atoms with Gasteiger partial charge in [0.05, 0.1) is 5.56 Å². The minimum atomic E-state index is -1.38. The Morgan fingerprint density at radius 1 is 1.30 bits per heavy atom. The quantitative estimate of drug-likeness (QED) is 0.802. The first kappa shape index (κ1) is 16.1. The summed E-state index contributed by atoms with van der Waals surface area (Å²) in [6, 6.07) is 1.85. The largest absolute Gasteiger partial charge is 0.444 e. The van der Waals surface area contributed by atoms with Crippen molar-refractivity contribution in [2.45, 2.75) is 32.4 Å². The number of hydrogen-bond acceptors (Lipinski definition) is 3. The Balaban J connectivity index is 3.08. The van der Waals surface area contributed by atoms with E-state index in [9.17, 15) is 18.4 Å². The van der Waals surface area contributed by atoms with Gasteiger partial charge in [-0.2, -0.15) is 0 Å². The second kappa shape index (κ2) is 5.98. The third-order valence-electron chi connectivity index (χ3n) is 2.52. The van der Waals surface area contributed by atoms with Crippen molar-refractivity contribution in [2.75, 3.05) is 7.05 Å². The van der Waals surface area contributed by atoms with Crippen LogP contribution >= 0.6 is 0 Å². The minimum absolute atomic E-state index is 0.297. The highest BCUT2D eigenvalue weighted by Crippen LogP contribution is 2.25. The lowest BCUT2D eigenvalue weighted by Gasteiger charge is -2.28. The second-order valence-corrected chi connectivity index (χ2v) is 5.31. The maximum atomic E-state index is 13.7. The zero-order valence-electron chi connectivity index (χ0n) is 11.8. The number of benzene rings is 1. The molecular formula is C14H17F2NO3. The number of ether oxygens (including phenoxy) is 1. The second-order valence-electron chi connectivity index (χ2n) is 5.31. The monoisotopic (exact) mass is 285 g/mol. The van der Waals surface area contributed by atoms with Gasteiger partial charge >= 0.3 is 6.09 Å². The Bertz CT molecular complexity index is 491. The van der Waals surface area contributed by atoms with Gasteiger partial charge in [-0.1, -0.05) is 6.07 Å². The van der Waals surface area contributed by atoms with Crippen molar-refractivity contribution in [3.8, 4) is 0 Å². The van der Waals surface area contributed by atoms with Crippen LogP contribution in [-0.4, -0.2) is 29.9 Å². The van der Waals surface area contributed by atoms with E-state index in [0.29, 0.717) is 6.29 Å². The van der Waals surface area contributed by atoms with E-state index in [4.69, 9.17) is 4.74 Å². The summed E-state index contributed by atoms with van der Waals surface area (Å²) in [7, 11) is 1.25. The molecule has 1 amide bonds. The molecule has 0 fully saturated rings. The number of carbonyl (C=O) groups is 2. The van der Waals surface area contributed by atoms with Crippen molar-refractivity contribution >= 4 is 12.4 Å². The van der Waals surface area contributed by atoms with Gasteiger partial charge in [-0.3, -0.25) is 4.90 Å². The lowest BCUT2D eigenvalue weighted by atomic mass is 10.1. The molecule has 1 aromatic rings. The SMILES string of the molecule is CN(C(=O)OC(C)(C)C)C(C=O)c1c(F)cccc1F. The van der Waals surface area contributed by atoms with Gasteiger partial charge in [0.15, 0.2) is 0 Å². The zero-order valence-corrected chi connectivity index (χ0v) is 11.8. The van der Waals surface area contributed by atoms with E-state index in [1.54, 1.807) is 20.8 Å². The van der Waals surface area contributed by atoms with Gasteiger partial charge in [0.25, 0.3) is 0 Å². The predicted octanol–water partition coefficient (Wildman–Crippen LogP) is 3.07. The highest BCUT2D eigenvalue weighted by atomic mass is 19.1. The number of likely N-dealkylation sites (N-methyl/N-ethyl adjacent to an activating group) is 1. The van der Waals surface area contributed by atoms with Crippen molar-refractivity contribution < 1.29 is 23.1 Å². The lowest BCUT2D eigenvalue weighted by Crippen LogP contribution is -2.37. The molecule has 0 aliphatic heterocycles. The van der Waals surface area contributed by atoms with Gasteiger partial charge in [0.1, 0.15) is 29.6 Å². The van der Waals surface area contributed by atoms with Gasteiger partial charge in [0, 0.05) is 7.05 Å². The summed E-state index contributed by atoms with van der Waals surface area (Å²) in [6.07, 6.45) is -0.539. The molecular weight excluding hydrogens is 268 g/mol. The molecule has 20 heavy (non-hydrogen) atoms. The number of nitrogens with zero attached hydrogens (tertiary/aromatic N) is 1. The number of rotatable bonds is 3. The molecule has 4 nitrogen and oxygen atoms in total. The van der Waals surface area contributed by atoms with Crippen LogP contribution in [-0.2, 0) is 9.53 Å². The van der Waals surface area contributed by atoms with Crippen LogP contribution in [0.3, 0.4) is 0 Å². The van der Waals surface area contributed by atoms with E-state index in [1.807, 2.05) is 0 Å². The summed E-state index contributed by atoms with van der Waals surface area (Å²) >= 11 is 0. The van der Waals surface area contributed by atoms with E-state index in [-0.39, 0.29) is 0 Å². The van der Waals surface area contributed by atoms with Crippen LogP contribution in [0.25, 0.3) is 0 Å². The minimum Gasteiger partial charge on any atom is -0.444 e. The fraction of sp³-hybridized carbons (Fsp3) is 0.429. The van der Waals surface area contributed by atoms with E-state index in [1.165, 1.54) is 13.1 Å². The molecule has 0 radical (unpaired) electrons. The highest BCUT2D eigenvalue weighted by molar-refractivity contribution is 5.74. The van der Waals surface area contributed by atoms with Gasteiger partial charge in [-0.05, 0) is 32.9 Å². The fourth-order valence-electron chi connectivity index (χ4n) is 1.59. The van der Waals surface area contributed by atoms with Crippen molar-refractivity contribution in [3.05, 3.63) is 35.4 Å².